The van der Waals surface area contributed by atoms with E-state index in [0.29, 0.717) is 6.04 Å². The average molecular weight is 353 g/mol. The predicted octanol–water partition coefficient (Wildman–Crippen LogP) is 1.56. The number of carbonyl (C=O) groups excluding carboxylic acids is 1. The van der Waals surface area contributed by atoms with Crippen LogP contribution in [0.2, 0.25) is 0 Å². The number of rotatable bonds is 2. The van der Waals surface area contributed by atoms with Crippen LogP contribution in [0.1, 0.15) is 21.7 Å². The Bertz CT molecular complexity index is 814. The highest BCUT2D eigenvalue weighted by molar-refractivity contribution is 5.94. The minimum atomic E-state index is 0.126. The Morgan fingerprint density at radius 3 is 2.65 bits per heavy atom. The Morgan fingerprint density at radius 2 is 1.88 bits per heavy atom. The molecule has 0 N–H and O–H groups in total. The Balaban J connectivity index is 1.53. The summed E-state index contributed by atoms with van der Waals surface area (Å²) in [6.45, 7) is 9.88. The van der Waals surface area contributed by atoms with Crippen molar-refractivity contribution in [1.29, 1.82) is 0 Å². The van der Waals surface area contributed by atoms with Crippen LogP contribution in [0.25, 0.3) is 5.69 Å². The monoisotopic (exact) mass is 353 g/mol. The zero-order valence-corrected chi connectivity index (χ0v) is 15.9. The number of aryl methyl sites for hydroxylation is 2. The van der Waals surface area contributed by atoms with Crippen molar-refractivity contribution >= 4 is 5.91 Å². The Kier molecular flexibility index (Phi) is 4.54. The number of fused-ring (bicyclic) bond motifs is 1. The second-order valence-corrected chi connectivity index (χ2v) is 7.59. The molecule has 1 atom stereocenters. The first-order valence-electron chi connectivity index (χ1n) is 9.37. The van der Waals surface area contributed by atoms with Gasteiger partial charge in [0, 0.05) is 56.6 Å². The van der Waals surface area contributed by atoms with Gasteiger partial charge in [-0.05, 0) is 45.2 Å². The fourth-order valence-corrected chi connectivity index (χ4v) is 4.14. The van der Waals surface area contributed by atoms with Gasteiger partial charge in [-0.25, -0.2) is 4.68 Å². The van der Waals surface area contributed by atoms with Crippen molar-refractivity contribution < 1.29 is 4.79 Å². The van der Waals surface area contributed by atoms with Gasteiger partial charge in [-0.2, -0.15) is 5.10 Å². The van der Waals surface area contributed by atoms with Crippen LogP contribution in [0, 0.1) is 13.8 Å². The number of amides is 1. The maximum Gasteiger partial charge on any atom is 0.254 e. The standard InChI is InChI=1S/C20H27N5O/c1-15-11-16(2)25(21-15)18-6-4-5-17(12-18)20(26)24-10-9-23-8-7-22(3)13-19(23)14-24/h4-6,11-12,19H,7-10,13-14H2,1-3H3/t19-/m1/s1. The number of hydrogen-bond acceptors (Lipinski definition) is 4. The van der Waals surface area contributed by atoms with E-state index in [1.54, 1.807) is 0 Å². The fraction of sp³-hybridized carbons (Fsp3) is 0.500. The van der Waals surface area contributed by atoms with Gasteiger partial charge in [0.05, 0.1) is 11.4 Å². The minimum absolute atomic E-state index is 0.126. The summed E-state index contributed by atoms with van der Waals surface area (Å²) < 4.78 is 1.90. The van der Waals surface area contributed by atoms with Gasteiger partial charge in [0.2, 0.25) is 0 Å². The summed E-state index contributed by atoms with van der Waals surface area (Å²) in [6, 6.07) is 10.3. The van der Waals surface area contributed by atoms with Crippen LogP contribution >= 0.6 is 0 Å². The molecule has 0 aliphatic carbocycles. The molecule has 0 saturated carbocycles. The lowest BCUT2D eigenvalue weighted by atomic mass is 10.1. The topological polar surface area (TPSA) is 44.6 Å². The molecule has 2 aliphatic heterocycles. The fourth-order valence-electron chi connectivity index (χ4n) is 4.14. The van der Waals surface area contributed by atoms with Gasteiger partial charge in [-0.15, -0.1) is 0 Å². The van der Waals surface area contributed by atoms with Crippen LogP contribution in [-0.4, -0.2) is 82.7 Å². The lowest BCUT2D eigenvalue weighted by molar-refractivity contribution is 0.0190. The third kappa shape index (κ3) is 3.27. The Labute approximate surface area is 155 Å². The highest BCUT2D eigenvalue weighted by atomic mass is 16.2. The molecule has 0 spiro atoms. The van der Waals surface area contributed by atoms with Gasteiger partial charge in [-0.1, -0.05) is 6.07 Å². The van der Waals surface area contributed by atoms with E-state index in [4.69, 9.17) is 0 Å². The maximum atomic E-state index is 13.1. The number of benzene rings is 1. The maximum absolute atomic E-state index is 13.1. The zero-order valence-electron chi connectivity index (χ0n) is 15.9. The molecule has 3 heterocycles. The Hall–Kier alpha value is -2.18. The van der Waals surface area contributed by atoms with E-state index in [0.717, 1.165) is 61.9 Å². The van der Waals surface area contributed by atoms with Crippen molar-refractivity contribution in [2.45, 2.75) is 19.9 Å². The van der Waals surface area contributed by atoms with Crippen molar-refractivity contribution in [3.05, 3.63) is 47.3 Å². The highest BCUT2D eigenvalue weighted by Crippen LogP contribution is 2.19. The number of nitrogens with zero attached hydrogens (tertiary/aromatic N) is 5. The quantitative estimate of drug-likeness (QED) is 0.822. The van der Waals surface area contributed by atoms with Gasteiger partial charge in [0.1, 0.15) is 0 Å². The number of piperazine rings is 2. The van der Waals surface area contributed by atoms with Gasteiger partial charge in [0.15, 0.2) is 0 Å². The van der Waals surface area contributed by atoms with E-state index in [2.05, 4.69) is 21.9 Å². The lowest BCUT2D eigenvalue weighted by Gasteiger charge is -2.46. The molecular formula is C20H27N5O. The molecule has 2 aromatic rings. The van der Waals surface area contributed by atoms with Gasteiger partial charge >= 0.3 is 0 Å². The van der Waals surface area contributed by atoms with E-state index >= 15 is 0 Å². The molecule has 6 heteroatoms. The summed E-state index contributed by atoms with van der Waals surface area (Å²) in [5, 5.41) is 4.54. The van der Waals surface area contributed by atoms with E-state index in [1.165, 1.54) is 0 Å². The largest absolute Gasteiger partial charge is 0.336 e. The molecular weight excluding hydrogens is 326 g/mol. The third-order valence-corrected chi connectivity index (χ3v) is 5.53. The van der Waals surface area contributed by atoms with E-state index in [9.17, 15) is 4.79 Å². The molecule has 6 nitrogen and oxygen atoms in total. The second kappa shape index (κ2) is 6.85. The van der Waals surface area contributed by atoms with Crippen molar-refractivity contribution in [1.82, 2.24) is 24.5 Å². The highest BCUT2D eigenvalue weighted by Gasteiger charge is 2.33. The summed E-state index contributed by atoms with van der Waals surface area (Å²) in [4.78, 5) is 20.0. The predicted molar refractivity (Wildman–Crippen MR) is 102 cm³/mol. The summed E-state index contributed by atoms with van der Waals surface area (Å²) in [7, 11) is 2.16. The first-order valence-corrected chi connectivity index (χ1v) is 9.37. The molecule has 138 valence electrons. The van der Waals surface area contributed by atoms with Crippen LogP contribution < -0.4 is 0 Å². The van der Waals surface area contributed by atoms with Gasteiger partial charge in [-0.3, -0.25) is 9.69 Å². The van der Waals surface area contributed by atoms with Crippen LogP contribution in [0.15, 0.2) is 30.3 Å². The van der Waals surface area contributed by atoms with Crippen molar-refractivity contribution in [3.63, 3.8) is 0 Å². The van der Waals surface area contributed by atoms with Crippen molar-refractivity contribution in [3.8, 4) is 5.69 Å². The normalized spacial score (nSPS) is 21.7. The molecule has 4 rings (SSSR count). The molecule has 1 amide bonds. The molecule has 26 heavy (non-hydrogen) atoms. The van der Waals surface area contributed by atoms with E-state index in [1.807, 2.05) is 53.8 Å². The van der Waals surface area contributed by atoms with Crippen LogP contribution in [0.4, 0.5) is 0 Å². The molecule has 0 unspecified atom stereocenters. The number of hydrogen-bond donors (Lipinski definition) is 0. The van der Waals surface area contributed by atoms with Crippen LogP contribution in [0.5, 0.6) is 0 Å². The second-order valence-electron chi connectivity index (χ2n) is 7.59. The van der Waals surface area contributed by atoms with Crippen molar-refractivity contribution in [2.75, 3.05) is 46.3 Å². The number of likely N-dealkylation sites (N-methyl/N-ethyl adjacent to an activating group) is 1. The summed E-state index contributed by atoms with van der Waals surface area (Å²) in [5.41, 5.74) is 3.74. The molecule has 2 fully saturated rings. The SMILES string of the molecule is Cc1cc(C)n(-c2cccc(C(=O)N3CCN4CCN(C)C[C@@H]4C3)c2)n1. The third-order valence-electron chi connectivity index (χ3n) is 5.53. The number of aromatic nitrogens is 2. The lowest BCUT2D eigenvalue weighted by Crippen LogP contribution is -2.62. The van der Waals surface area contributed by atoms with Crippen molar-refractivity contribution in [2.24, 2.45) is 0 Å². The first-order chi connectivity index (χ1) is 12.5. The zero-order chi connectivity index (χ0) is 18.3. The smallest absolute Gasteiger partial charge is 0.254 e. The van der Waals surface area contributed by atoms with Crippen LogP contribution in [-0.2, 0) is 0 Å². The first kappa shape index (κ1) is 17.2. The summed E-state index contributed by atoms with van der Waals surface area (Å²) in [6.07, 6.45) is 0. The van der Waals surface area contributed by atoms with E-state index in [-0.39, 0.29) is 5.91 Å². The molecule has 2 saturated heterocycles. The van der Waals surface area contributed by atoms with Gasteiger partial charge in [0.25, 0.3) is 5.91 Å². The molecule has 1 aromatic carbocycles. The molecule has 0 bridgehead atoms. The van der Waals surface area contributed by atoms with Gasteiger partial charge < -0.3 is 9.80 Å². The minimum Gasteiger partial charge on any atom is -0.336 e. The molecule has 1 aromatic heterocycles. The summed E-state index contributed by atoms with van der Waals surface area (Å²) in [5.74, 6) is 0.126. The van der Waals surface area contributed by atoms with E-state index < -0.39 is 0 Å². The molecule has 0 radical (unpaired) electrons. The average Bonchev–Trinajstić information content (AvgIpc) is 2.98. The molecule has 2 aliphatic rings. The number of carbonyl (C=O) groups is 1. The van der Waals surface area contributed by atoms with Crippen LogP contribution in [0.3, 0.4) is 0 Å². The Morgan fingerprint density at radius 1 is 1.08 bits per heavy atom. The summed E-state index contributed by atoms with van der Waals surface area (Å²) >= 11 is 0.